The highest BCUT2D eigenvalue weighted by molar-refractivity contribution is 5.35. The van der Waals surface area contributed by atoms with Gasteiger partial charge in [0.15, 0.2) is 0 Å². The average Bonchev–Trinajstić information content (AvgIpc) is 2.99. The molecule has 70 valence electrons. The van der Waals surface area contributed by atoms with Crippen molar-refractivity contribution in [2.45, 2.75) is 12.8 Å². The fourth-order valence-corrected chi connectivity index (χ4v) is 1.04. The molecule has 0 radical (unpaired) electrons. The number of anilines is 1. The third-order valence-electron chi connectivity index (χ3n) is 2.06. The highest BCUT2D eigenvalue weighted by Crippen LogP contribution is 2.29. The van der Waals surface area contributed by atoms with Gasteiger partial charge in [-0.15, -0.1) is 0 Å². The van der Waals surface area contributed by atoms with E-state index in [2.05, 4.69) is 15.3 Å². The van der Waals surface area contributed by atoms with Crippen molar-refractivity contribution in [1.29, 1.82) is 0 Å². The first-order valence-corrected chi connectivity index (χ1v) is 4.51. The molecule has 0 aliphatic heterocycles. The maximum atomic E-state index is 5.48. The topological polar surface area (TPSA) is 47.0 Å². The third-order valence-corrected chi connectivity index (χ3v) is 2.06. The predicted octanol–water partition coefficient (Wildman–Crippen LogP) is 1.31. The Morgan fingerprint density at radius 3 is 3.08 bits per heavy atom. The Balaban J connectivity index is 1.93. The van der Waals surface area contributed by atoms with E-state index < -0.39 is 0 Å². The summed E-state index contributed by atoms with van der Waals surface area (Å²) in [6, 6.07) is 1.81. The van der Waals surface area contributed by atoms with Crippen LogP contribution in [-0.4, -0.2) is 23.6 Å². The molecule has 1 saturated carbocycles. The van der Waals surface area contributed by atoms with Gasteiger partial charge in [0.1, 0.15) is 12.1 Å². The van der Waals surface area contributed by atoms with Crippen LogP contribution in [0.15, 0.2) is 12.4 Å². The summed E-state index contributed by atoms with van der Waals surface area (Å²) in [5, 5.41) is 2.94. The van der Waals surface area contributed by atoms with Crippen molar-refractivity contribution in [3.63, 3.8) is 0 Å². The summed E-state index contributed by atoms with van der Waals surface area (Å²) in [4.78, 5) is 8.01. The first kappa shape index (κ1) is 8.29. The Kier molecular flexibility index (Phi) is 2.29. The van der Waals surface area contributed by atoms with Crippen LogP contribution in [0.5, 0.6) is 5.88 Å². The van der Waals surface area contributed by atoms with Gasteiger partial charge in [-0.3, -0.25) is 0 Å². The maximum Gasteiger partial charge on any atom is 0.218 e. The Morgan fingerprint density at radius 2 is 2.38 bits per heavy atom. The number of nitrogens with zero attached hydrogens (tertiary/aromatic N) is 2. The summed E-state index contributed by atoms with van der Waals surface area (Å²) in [5.41, 5.74) is 0. The molecule has 1 aliphatic carbocycles. The molecule has 0 spiro atoms. The van der Waals surface area contributed by atoms with Gasteiger partial charge in [0.25, 0.3) is 0 Å². The van der Waals surface area contributed by atoms with Crippen molar-refractivity contribution in [2.24, 2.45) is 5.92 Å². The van der Waals surface area contributed by atoms with E-state index in [0.29, 0.717) is 5.88 Å². The van der Waals surface area contributed by atoms with Crippen LogP contribution in [0.2, 0.25) is 0 Å². The Morgan fingerprint density at radius 1 is 1.54 bits per heavy atom. The van der Waals surface area contributed by atoms with Crippen molar-refractivity contribution >= 4 is 5.82 Å². The van der Waals surface area contributed by atoms with E-state index in [4.69, 9.17) is 4.74 Å². The van der Waals surface area contributed by atoms with Gasteiger partial charge in [0, 0.05) is 13.1 Å². The summed E-state index contributed by atoms with van der Waals surface area (Å²) < 4.78 is 5.48. The first-order chi connectivity index (χ1) is 6.38. The number of rotatable bonds is 4. The monoisotopic (exact) mass is 179 g/mol. The lowest BCUT2D eigenvalue weighted by atomic mass is 10.5. The van der Waals surface area contributed by atoms with Crippen LogP contribution < -0.4 is 10.1 Å². The van der Waals surface area contributed by atoms with E-state index in [1.807, 2.05) is 13.1 Å². The standard InChI is InChI=1S/C9H13N3O/c1-10-8-4-9(12-6-11-8)13-5-7-2-3-7/h4,6-7H,2-3,5H2,1H3,(H,10,11,12). The normalized spacial score (nSPS) is 15.5. The first-order valence-electron chi connectivity index (χ1n) is 4.51. The van der Waals surface area contributed by atoms with Gasteiger partial charge in [-0.2, -0.15) is 0 Å². The molecular formula is C9H13N3O. The smallest absolute Gasteiger partial charge is 0.218 e. The van der Waals surface area contributed by atoms with Crippen LogP contribution in [0.4, 0.5) is 5.82 Å². The molecule has 0 aromatic carbocycles. The number of hydrogen-bond acceptors (Lipinski definition) is 4. The third kappa shape index (κ3) is 2.31. The average molecular weight is 179 g/mol. The highest BCUT2D eigenvalue weighted by atomic mass is 16.5. The minimum absolute atomic E-state index is 0.659. The van der Waals surface area contributed by atoms with Gasteiger partial charge in [-0.25, -0.2) is 9.97 Å². The van der Waals surface area contributed by atoms with E-state index in [1.165, 1.54) is 19.2 Å². The summed E-state index contributed by atoms with van der Waals surface area (Å²) in [5.74, 6) is 2.21. The van der Waals surface area contributed by atoms with Crippen LogP contribution in [0.1, 0.15) is 12.8 Å². The second kappa shape index (κ2) is 3.60. The maximum absolute atomic E-state index is 5.48. The van der Waals surface area contributed by atoms with Crippen LogP contribution in [0.25, 0.3) is 0 Å². The van der Waals surface area contributed by atoms with Gasteiger partial charge >= 0.3 is 0 Å². The van der Waals surface area contributed by atoms with E-state index in [0.717, 1.165) is 18.3 Å². The van der Waals surface area contributed by atoms with Crippen molar-refractivity contribution in [3.8, 4) is 5.88 Å². The Bertz CT molecular complexity index is 286. The molecule has 1 aromatic heterocycles. The molecule has 0 saturated heterocycles. The van der Waals surface area contributed by atoms with E-state index in [1.54, 1.807) is 0 Å². The fourth-order valence-electron chi connectivity index (χ4n) is 1.04. The van der Waals surface area contributed by atoms with E-state index in [-0.39, 0.29) is 0 Å². The molecule has 1 N–H and O–H groups in total. The summed E-state index contributed by atoms with van der Waals surface area (Å²) >= 11 is 0. The molecule has 0 atom stereocenters. The highest BCUT2D eigenvalue weighted by Gasteiger charge is 2.22. The van der Waals surface area contributed by atoms with Crippen molar-refractivity contribution in [3.05, 3.63) is 12.4 Å². The Labute approximate surface area is 77.4 Å². The second-order valence-electron chi connectivity index (χ2n) is 3.25. The number of hydrogen-bond donors (Lipinski definition) is 1. The zero-order valence-corrected chi connectivity index (χ0v) is 7.66. The number of nitrogens with one attached hydrogen (secondary N) is 1. The molecule has 0 unspecified atom stereocenters. The summed E-state index contributed by atoms with van der Waals surface area (Å²) in [6.45, 7) is 0.792. The zero-order valence-electron chi connectivity index (χ0n) is 7.66. The lowest BCUT2D eigenvalue weighted by Gasteiger charge is -2.04. The summed E-state index contributed by atoms with van der Waals surface area (Å²) in [6.07, 6.45) is 4.10. The van der Waals surface area contributed by atoms with Gasteiger partial charge in [0.05, 0.1) is 6.61 Å². The molecule has 1 aliphatic rings. The molecule has 0 amide bonds. The van der Waals surface area contributed by atoms with Crippen molar-refractivity contribution in [1.82, 2.24) is 9.97 Å². The van der Waals surface area contributed by atoms with E-state index >= 15 is 0 Å². The van der Waals surface area contributed by atoms with Gasteiger partial charge in [-0.1, -0.05) is 0 Å². The summed E-state index contributed by atoms with van der Waals surface area (Å²) in [7, 11) is 1.83. The molecule has 13 heavy (non-hydrogen) atoms. The minimum Gasteiger partial charge on any atom is -0.477 e. The van der Waals surface area contributed by atoms with Crippen LogP contribution in [0, 0.1) is 5.92 Å². The van der Waals surface area contributed by atoms with Crippen LogP contribution >= 0.6 is 0 Å². The molecule has 2 rings (SSSR count). The van der Waals surface area contributed by atoms with Gasteiger partial charge in [0.2, 0.25) is 5.88 Å². The van der Waals surface area contributed by atoms with Gasteiger partial charge in [-0.05, 0) is 18.8 Å². The quantitative estimate of drug-likeness (QED) is 0.757. The molecular weight excluding hydrogens is 166 g/mol. The zero-order chi connectivity index (χ0) is 9.10. The fraction of sp³-hybridized carbons (Fsp3) is 0.556. The van der Waals surface area contributed by atoms with Crippen LogP contribution in [-0.2, 0) is 0 Å². The molecule has 1 fully saturated rings. The largest absolute Gasteiger partial charge is 0.477 e. The molecule has 4 nitrogen and oxygen atoms in total. The molecule has 0 bridgehead atoms. The molecule has 4 heteroatoms. The minimum atomic E-state index is 0.659. The number of aromatic nitrogens is 2. The van der Waals surface area contributed by atoms with Gasteiger partial charge < -0.3 is 10.1 Å². The molecule has 1 heterocycles. The lowest BCUT2D eigenvalue weighted by Crippen LogP contribution is -2.02. The van der Waals surface area contributed by atoms with Crippen molar-refractivity contribution in [2.75, 3.05) is 19.0 Å². The SMILES string of the molecule is CNc1cc(OCC2CC2)ncn1. The predicted molar refractivity (Wildman–Crippen MR) is 49.8 cm³/mol. The Hall–Kier alpha value is -1.32. The molecule has 1 aromatic rings. The van der Waals surface area contributed by atoms with Crippen LogP contribution in [0.3, 0.4) is 0 Å². The second-order valence-corrected chi connectivity index (χ2v) is 3.25. The van der Waals surface area contributed by atoms with Crippen molar-refractivity contribution < 1.29 is 4.74 Å². The number of ether oxygens (including phenoxy) is 1. The lowest BCUT2D eigenvalue weighted by molar-refractivity contribution is 0.288. The van der Waals surface area contributed by atoms with E-state index in [9.17, 15) is 0 Å².